The van der Waals surface area contributed by atoms with Gasteiger partial charge in [-0.1, -0.05) is 17.7 Å². The van der Waals surface area contributed by atoms with E-state index in [1.165, 1.54) is 18.4 Å². The average molecular weight is 232 g/mol. The van der Waals surface area contributed by atoms with Crippen LogP contribution in [-0.2, 0) is 4.79 Å². The topological polar surface area (TPSA) is 41.1 Å². The molecule has 2 rings (SSSR count). The van der Waals surface area contributed by atoms with Crippen molar-refractivity contribution in [3.8, 4) is 0 Å². The quantitative estimate of drug-likeness (QED) is 0.818. The lowest BCUT2D eigenvalue weighted by Gasteiger charge is -2.09. The number of aryl methyl sites for hydroxylation is 2. The summed E-state index contributed by atoms with van der Waals surface area (Å²) < 4.78 is 0. The second-order valence-electron chi connectivity index (χ2n) is 4.84. The predicted molar refractivity (Wildman–Crippen MR) is 70.2 cm³/mol. The van der Waals surface area contributed by atoms with E-state index in [-0.39, 0.29) is 5.91 Å². The molecule has 92 valence electrons. The van der Waals surface area contributed by atoms with Gasteiger partial charge in [0.2, 0.25) is 5.91 Å². The van der Waals surface area contributed by atoms with E-state index in [2.05, 4.69) is 23.6 Å². The van der Waals surface area contributed by atoms with Gasteiger partial charge in [-0.05, 0) is 38.3 Å². The van der Waals surface area contributed by atoms with Crippen LogP contribution in [0.25, 0.3) is 0 Å². The third-order valence-electron chi connectivity index (χ3n) is 3.02. The molecule has 1 fully saturated rings. The molecule has 1 aromatic carbocycles. The number of hydrogen-bond donors (Lipinski definition) is 2. The van der Waals surface area contributed by atoms with Crippen molar-refractivity contribution in [3.05, 3.63) is 29.3 Å². The van der Waals surface area contributed by atoms with Crippen molar-refractivity contribution in [3.63, 3.8) is 0 Å². The van der Waals surface area contributed by atoms with E-state index in [1.54, 1.807) is 0 Å². The van der Waals surface area contributed by atoms with Gasteiger partial charge in [-0.25, -0.2) is 0 Å². The van der Waals surface area contributed by atoms with Gasteiger partial charge >= 0.3 is 0 Å². The molecule has 1 aromatic rings. The highest BCUT2D eigenvalue weighted by Crippen LogP contribution is 2.18. The molecule has 3 heteroatoms. The summed E-state index contributed by atoms with van der Waals surface area (Å²) in [5, 5.41) is 6.29. The molecular weight excluding hydrogens is 212 g/mol. The Morgan fingerprint density at radius 3 is 2.76 bits per heavy atom. The molecule has 1 amide bonds. The van der Waals surface area contributed by atoms with E-state index in [9.17, 15) is 4.79 Å². The number of nitrogens with one attached hydrogen (secondary N) is 2. The molecule has 0 aromatic heterocycles. The SMILES string of the molecule is Cc1ccc(NC(=O)CCNC2CC2)c(C)c1. The van der Waals surface area contributed by atoms with Crippen molar-refractivity contribution >= 4 is 11.6 Å². The maximum absolute atomic E-state index is 11.7. The number of carbonyl (C=O) groups is 1. The Balaban J connectivity index is 1.79. The van der Waals surface area contributed by atoms with Crippen LogP contribution >= 0.6 is 0 Å². The molecule has 0 atom stereocenters. The van der Waals surface area contributed by atoms with Crippen molar-refractivity contribution in [2.45, 2.75) is 39.2 Å². The maximum Gasteiger partial charge on any atom is 0.225 e. The number of benzene rings is 1. The Hall–Kier alpha value is -1.35. The first kappa shape index (κ1) is 12.1. The van der Waals surface area contributed by atoms with E-state index >= 15 is 0 Å². The second-order valence-corrected chi connectivity index (χ2v) is 4.84. The standard InChI is InChI=1S/C14H20N2O/c1-10-3-6-13(11(2)9-10)16-14(17)7-8-15-12-4-5-12/h3,6,9,12,15H,4-5,7-8H2,1-2H3,(H,16,17). The number of rotatable bonds is 5. The highest BCUT2D eigenvalue weighted by Gasteiger charge is 2.20. The highest BCUT2D eigenvalue weighted by molar-refractivity contribution is 5.91. The molecule has 1 aliphatic rings. The number of hydrogen-bond acceptors (Lipinski definition) is 2. The molecule has 2 N–H and O–H groups in total. The molecule has 17 heavy (non-hydrogen) atoms. The van der Waals surface area contributed by atoms with Gasteiger partial charge in [0.1, 0.15) is 0 Å². The second kappa shape index (κ2) is 5.32. The summed E-state index contributed by atoms with van der Waals surface area (Å²) in [5.74, 6) is 0.0881. The van der Waals surface area contributed by atoms with Crippen LogP contribution in [0.1, 0.15) is 30.4 Å². The van der Waals surface area contributed by atoms with Crippen LogP contribution in [0.3, 0.4) is 0 Å². The summed E-state index contributed by atoms with van der Waals surface area (Å²) in [5.41, 5.74) is 3.26. The van der Waals surface area contributed by atoms with Crippen molar-refractivity contribution < 1.29 is 4.79 Å². The minimum Gasteiger partial charge on any atom is -0.326 e. The van der Waals surface area contributed by atoms with Gasteiger partial charge in [0.25, 0.3) is 0 Å². The van der Waals surface area contributed by atoms with E-state index in [0.29, 0.717) is 12.5 Å². The lowest BCUT2D eigenvalue weighted by molar-refractivity contribution is -0.116. The summed E-state index contributed by atoms with van der Waals surface area (Å²) in [7, 11) is 0. The van der Waals surface area contributed by atoms with Crippen molar-refractivity contribution in [2.24, 2.45) is 0 Å². The summed E-state index contributed by atoms with van der Waals surface area (Å²) >= 11 is 0. The summed E-state index contributed by atoms with van der Waals surface area (Å²) in [6, 6.07) is 6.74. The van der Waals surface area contributed by atoms with E-state index in [0.717, 1.165) is 17.8 Å². The Labute approximate surface area is 103 Å². The van der Waals surface area contributed by atoms with Gasteiger partial charge in [0, 0.05) is 24.7 Å². The first-order valence-corrected chi connectivity index (χ1v) is 6.25. The summed E-state index contributed by atoms with van der Waals surface area (Å²) in [4.78, 5) is 11.7. The fourth-order valence-electron chi connectivity index (χ4n) is 1.84. The van der Waals surface area contributed by atoms with Gasteiger partial charge in [0.15, 0.2) is 0 Å². The van der Waals surface area contributed by atoms with Crippen LogP contribution in [0.4, 0.5) is 5.69 Å². The normalized spacial score (nSPS) is 14.7. The molecule has 0 saturated heterocycles. The van der Waals surface area contributed by atoms with Gasteiger partial charge in [0.05, 0.1) is 0 Å². The zero-order valence-electron chi connectivity index (χ0n) is 10.5. The molecule has 3 nitrogen and oxygen atoms in total. The average Bonchev–Trinajstić information content (AvgIpc) is 3.06. The number of amides is 1. The summed E-state index contributed by atoms with van der Waals surface area (Å²) in [6.07, 6.45) is 3.07. The first-order valence-electron chi connectivity index (χ1n) is 6.25. The Bertz CT molecular complexity index is 411. The van der Waals surface area contributed by atoms with E-state index < -0.39 is 0 Å². The summed E-state index contributed by atoms with van der Waals surface area (Å²) in [6.45, 7) is 4.85. The zero-order chi connectivity index (χ0) is 12.3. The Morgan fingerprint density at radius 2 is 2.12 bits per heavy atom. The molecule has 1 saturated carbocycles. The Morgan fingerprint density at radius 1 is 1.35 bits per heavy atom. The van der Waals surface area contributed by atoms with Crippen LogP contribution in [0, 0.1) is 13.8 Å². The zero-order valence-corrected chi connectivity index (χ0v) is 10.5. The molecule has 0 bridgehead atoms. The lowest BCUT2D eigenvalue weighted by atomic mass is 10.1. The maximum atomic E-state index is 11.7. The van der Waals surface area contributed by atoms with Gasteiger partial charge in [-0.2, -0.15) is 0 Å². The van der Waals surface area contributed by atoms with Crippen LogP contribution < -0.4 is 10.6 Å². The van der Waals surface area contributed by atoms with Crippen molar-refractivity contribution in [1.29, 1.82) is 0 Å². The van der Waals surface area contributed by atoms with Gasteiger partial charge in [-0.3, -0.25) is 4.79 Å². The van der Waals surface area contributed by atoms with Crippen LogP contribution in [0.5, 0.6) is 0 Å². The molecule has 1 aliphatic carbocycles. The van der Waals surface area contributed by atoms with Crippen LogP contribution in [0.2, 0.25) is 0 Å². The van der Waals surface area contributed by atoms with Gasteiger partial charge in [-0.15, -0.1) is 0 Å². The fourth-order valence-corrected chi connectivity index (χ4v) is 1.84. The van der Waals surface area contributed by atoms with Crippen LogP contribution in [0.15, 0.2) is 18.2 Å². The number of anilines is 1. The van der Waals surface area contributed by atoms with Crippen molar-refractivity contribution in [2.75, 3.05) is 11.9 Å². The highest BCUT2D eigenvalue weighted by atomic mass is 16.1. The monoisotopic (exact) mass is 232 g/mol. The third-order valence-corrected chi connectivity index (χ3v) is 3.02. The fraction of sp³-hybridized carbons (Fsp3) is 0.500. The Kier molecular flexibility index (Phi) is 3.79. The van der Waals surface area contributed by atoms with Crippen LogP contribution in [-0.4, -0.2) is 18.5 Å². The first-order chi connectivity index (χ1) is 8.15. The predicted octanol–water partition coefficient (Wildman–Crippen LogP) is 2.38. The largest absolute Gasteiger partial charge is 0.326 e. The molecular formula is C14H20N2O. The molecule has 0 unspecified atom stereocenters. The molecule has 0 aliphatic heterocycles. The molecule has 0 heterocycles. The van der Waals surface area contributed by atoms with Gasteiger partial charge < -0.3 is 10.6 Å². The lowest BCUT2D eigenvalue weighted by Crippen LogP contribution is -2.23. The van der Waals surface area contributed by atoms with E-state index in [4.69, 9.17) is 0 Å². The smallest absolute Gasteiger partial charge is 0.225 e. The third kappa shape index (κ3) is 3.86. The molecule has 0 spiro atoms. The minimum absolute atomic E-state index is 0.0881. The number of carbonyl (C=O) groups excluding carboxylic acids is 1. The molecule has 0 radical (unpaired) electrons. The minimum atomic E-state index is 0.0881. The van der Waals surface area contributed by atoms with E-state index in [1.807, 2.05) is 19.1 Å². The van der Waals surface area contributed by atoms with Crippen molar-refractivity contribution in [1.82, 2.24) is 5.32 Å².